The summed E-state index contributed by atoms with van der Waals surface area (Å²) in [5, 5.41) is 15.4. The van der Waals surface area contributed by atoms with E-state index in [1.54, 1.807) is 12.1 Å². The van der Waals surface area contributed by atoms with Gasteiger partial charge in [0.05, 0.1) is 30.2 Å². The first-order chi connectivity index (χ1) is 25.5. The number of anilines is 2. The number of nitrogen functional groups attached to an aromatic ring is 1. The molecule has 11 heteroatoms. The molecule has 2 amide bonds. The largest absolute Gasteiger partial charge is 0.459 e. The summed E-state index contributed by atoms with van der Waals surface area (Å²) >= 11 is 0. The van der Waals surface area contributed by atoms with Crippen LogP contribution in [-0.2, 0) is 41.7 Å². The molecule has 286 valence electrons. The number of aliphatic hydroxyl groups excluding tert-OH is 1. The van der Waals surface area contributed by atoms with Gasteiger partial charge in [-0.3, -0.25) is 19.3 Å². The van der Waals surface area contributed by atoms with E-state index in [2.05, 4.69) is 15.5 Å². The number of para-hydroxylation sites is 2. The van der Waals surface area contributed by atoms with Crippen LogP contribution in [0.1, 0.15) is 113 Å². The minimum Gasteiger partial charge on any atom is -0.459 e. The molecule has 0 unspecified atom stereocenters. The van der Waals surface area contributed by atoms with E-state index in [4.69, 9.17) is 19.9 Å². The van der Waals surface area contributed by atoms with Crippen LogP contribution in [0.5, 0.6) is 0 Å². The lowest BCUT2D eigenvalue weighted by atomic mass is 9.99. The normalized spacial score (nSPS) is 20.5. The van der Waals surface area contributed by atoms with Crippen LogP contribution >= 0.6 is 0 Å². The molecule has 0 bridgehead atoms. The summed E-state index contributed by atoms with van der Waals surface area (Å²) in [7, 11) is 0. The second-order valence-electron chi connectivity index (χ2n) is 15.1. The highest BCUT2D eigenvalue weighted by atomic mass is 16.7. The van der Waals surface area contributed by atoms with Gasteiger partial charge in [0.2, 0.25) is 11.8 Å². The summed E-state index contributed by atoms with van der Waals surface area (Å²) in [5.41, 5.74) is 10.2. The molecule has 0 saturated carbocycles. The third-order valence-corrected chi connectivity index (χ3v) is 9.63. The van der Waals surface area contributed by atoms with Crippen LogP contribution in [0.15, 0.2) is 72.8 Å². The van der Waals surface area contributed by atoms with E-state index in [0.717, 1.165) is 67.3 Å². The number of benzene rings is 3. The maximum Gasteiger partial charge on any atom is 0.323 e. The van der Waals surface area contributed by atoms with Gasteiger partial charge in [-0.1, -0.05) is 73.5 Å². The molecule has 0 radical (unpaired) electrons. The quantitative estimate of drug-likeness (QED) is 0.0717. The molecule has 11 nitrogen and oxygen atoms in total. The highest BCUT2D eigenvalue weighted by molar-refractivity contribution is 5.93. The van der Waals surface area contributed by atoms with Crippen molar-refractivity contribution in [2.75, 3.05) is 24.1 Å². The zero-order chi connectivity index (χ0) is 37.8. The number of carbonyl (C=O) groups is 3. The van der Waals surface area contributed by atoms with Crippen LogP contribution in [0.25, 0.3) is 0 Å². The number of hydrogen-bond donors (Lipinski definition) is 4. The topological polar surface area (TPSA) is 152 Å². The number of carbonyl (C=O) groups excluding carboxylic acids is 3. The number of nitrogens with one attached hydrogen (secondary N) is 2. The van der Waals surface area contributed by atoms with Crippen molar-refractivity contribution in [3.05, 3.63) is 95.1 Å². The molecule has 0 aromatic heterocycles. The first-order valence-electron chi connectivity index (χ1n) is 18.9. The zero-order valence-electron chi connectivity index (χ0n) is 31.4. The van der Waals surface area contributed by atoms with Gasteiger partial charge in [-0.2, -0.15) is 0 Å². The van der Waals surface area contributed by atoms with Gasteiger partial charge in [-0.15, -0.1) is 0 Å². The fourth-order valence-corrected chi connectivity index (χ4v) is 6.81. The molecule has 53 heavy (non-hydrogen) atoms. The molecule has 5 rings (SSSR count). The van der Waals surface area contributed by atoms with Gasteiger partial charge < -0.3 is 35.7 Å². The molecule has 2 aliphatic heterocycles. The van der Waals surface area contributed by atoms with Gasteiger partial charge in [0, 0.05) is 37.9 Å². The predicted molar refractivity (Wildman–Crippen MR) is 204 cm³/mol. The van der Waals surface area contributed by atoms with Gasteiger partial charge >= 0.3 is 5.97 Å². The van der Waals surface area contributed by atoms with Crippen LogP contribution in [-0.4, -0.2) is 58.6 Å². The molecule has 0 spiro atoms. The van der Waals surface area contributed by atoms with E-state index >= 15 is 0 Å². The summed E-state index contributed by atoms with van der Waals surface area (Å²) in [4.78, 5) is 40.0. The number of nitrogens with zero attached hydrogens (tertiary/aromatic N) is 1. The average molecular weight is 729 g/mol. The number of likely N-dealkylation sites (tertiary alicyclic amines) is 1. The molecule has 2 saturated heterocycles. The highest BCUT2D eigenvalue weighted by Gasteiger charge is 2.39. The van der Waals surface area contributed by atoms with Gasteiger partial charge in [0.1, 0.15) is 11.6 Å². The summed E-state index contributed by atoms with van der Waals surface area (Å²) in [6.07, 6.45) is 5.36. The third-order valence-electron chi connectivity index (χ3n) is 9.63. The predicted octanol–water partition coefficient (Wildman–Crippen LogP) is 6.71. The number of esters is 1. The van der Waals surface area contributed by atoms with E-state index in [1.165, 1.54) is 0 Å². The van der Waals surface area contributed by atoms with Crippen molar-refractivity contribution < 1.29 is 33.7 Å². The van der Waals surface area contributed by atoms with Crippen molar-refractivity contribution in [1.82, 2.24) is 10.2 Å². The Balaban J connectivity index is 1.10. The average Bonchev–Trinajstić information content (AvgIpc) is 3.61. The van der Waals surface area contributed by atoms with Crippen LogP contribution in [0.2, 0.25) is 0 Å². The first kappa shape index (κ1) is 39.9. The highest BCUT2D eigenvalue weighted by Crippen LogP contribution is 2.39. The SMILES string of the molecule is CC(C)(C)OC(=O)[C@@H]1CCCN1C[C@@H]1C[C@H](c2ccc(CO)cc2)O[C@H](c2ccc(CNC(=O)CCCCCCC(=O)Nc3ccccc3N)cc2)O1. The summed E-state index contributed by atoms with van der Waals surface area (Å²) in [5.74, 6) is -0.253. The number of amides is 2. The number of hydrogen-bond acceptors (Lipinski definition) is 9. The second-order valence-corrected chi connectivity index (χ2v) is 15.1. The standard InChI is InChI=1S/C42H56N4O7/c1-42(2,3)53-40(50)36-13-10-24-46(36)27-33-25-37(31-20-18-30(28-47)19-21-31)52-41(51-33)32-22-16-29(17-23-32)26-44-38(48)14-6-4-5-7-15-39(49)45-35-12-9-8-11-34(35)43/h8-9,11-12,16-23,33,36-37,41,47H,4-7,10,13-15,24-28,43H2,1-3H3,(H,44,48)(H,45,49)/t33-,36-,37+,41+/m0/s1. The van der Waals surface area contributed by atoms with E-state index in [9.17, 15) is 19.5 Å². The molecule has 4 atom stereocenters. The van der Waals surface area contributed by atoms with Gasteiger partial charge in [-0.25, -0.2) is 0 Å². The van der Waals surface area contributed by atoms with Crippen LogP contribution in [0.3, 0.4) is 0 Å². The summed E-state index contributed by atoms with van der Waals surface area (Å²) < 4.78 is 18.8. The Kier molecular flexibility index (Phi) is 14.4. The minimum atomic E-state index is -0.620. The fraction of sp³-hybridized carbons (Fsp3) is 0.500. The number of unbranched alkanes of at least 4 members (excludes halogenated alkanes) is 3. The molecular formula is C42H56N4O7. The molecule has 2 aliphatic rings. The van der Waals surface area contributed by atoms with E-state index in [1.807, 2.05) is 81.4 Å². The Bertz CT molecular complexity index is 1640. The number of rotatable bonds is 16. The lowest BCUT2D eigenvalue weighted by Crippen LogP contribution is -2.45. The molecule has 5 N–H and O–H groups in total. The molecule has 2 fully saturated rings. The Morgan fingerprint density at radius 1 is 0.868 bits per heavy atom. The van der Waals surface area contributed by atoms with Crippen LogP contribution < -0.4 is 16.4 Å². The molecule has 3 aromatic rings. The number of aliphatic hydroxyl groups is 1. The molecule has 2 heterocycles. The smallest absolute Gasteiger partial charge is 0.323 e. The van der Waals surface area contributed by atoms with Crippen LogP contribution in [0, 0.1) is 0 Å². The Morgan fingerprint density at radius 3 is 2.21 bits per heavy atom. The molecular weight excluding hydrogens is 672 g/mol. The van der Waals surface area contributed by atoms with Crippen molar-refractivity contribution in [2.45, 2.75) is 122 Å². The molecule has 3 aromatic carbocycles. The monoisotopic (exact) mass is 728 g/mol. The second kappa shape index (κ2) is 19.2. The van der Waals surface area contributed by atoms with E-state index in [-0.39, 0.29) is 42.6 Å². The number of ether oxygens (including phenoxy) is 3. The third kappa shape index (κ3) is 12.4. The van der Waals surface area contributed by atoms with Crippen molar-refractivity contribution >= 4 is 29.2 Å². The summed E-state index contributed by atoms with van der Waals surface area (Å²) in [6, 6.07) is 22.6. The van der Waals surface area contributed by atoms with Gasteiger partial charge in [0.15, 0.2) is 6.29 Å². The minimum absolute atomic E-state index is 0.00480. The summed E-state index contributed by atoms with van der Waals surface area (Å²) in [6.45, 7) is 7.44. The van der Waals surface area contributed by atoms with E-state index < -0.39 is 11.9 Å². The van der Waals surface area contributed by atoms with E-state index in [0.29, 0.717) is 43.7 Å². The zero-order valence-corrected chi connectivity index (χ0v) is 31.4. The van der Waals surface area contributed by atoms with Crippen molar-refractivity contribution in [3.8, 4) is 0 Å². The lowest BCUT2D eigenvalue weighted by Gasteiger charge is -2.38. The lowest BCUT2D eigenvalue weighted by molar-refractivity contribution is -0.253. The maximum atomic E-state index is 13.0. The molecule has 0 aliphatic carbocycles. The van der Waals surface area contributed by atoms with Gasteiger partial charge in [0.25, 0.3) is 0 Å². The Hall–Kier alpha value is -4.29. The fourth-order valence-electron chi connectivity index (χ4n) is 6.81. The van der Waals surface area contributed by atoms with Crippen LogP contribution in [0.4, 0.5) is 11.4 Å². The Morgan fingerprint density at radius 2 is 1.53 bits per heavy atom. The Labute approximate surface area is 313 Å². The van der Waals surface area contributed by atoms with Crippen molar-refractivity contribution in [3.63, 3.8) is 0 Å². The first-order valence-corrected chi connectivity index (χ1v) is 18.9. The van der Waals surface area contributed by atoms with Crippen molar-refractivity contribution in [1.29, 1.82) is 0 Å². The maximum absolute atomic E-state index is 13.0. The van der Waals surface area contributed by atoms with Gasteiger partial charge in [-0.05, 0) is 81.8 Å². The van der Waals surface area contributed by atoms with Crippen molar-refractivity contribution in [2.24, 2.45) is 0 Å². The number of nitrogens with two attached hydrogens (primary N) is 1.